The van der Waals surface area contributed by atoms with Crippen LogP contribution in [0.5, 0.6) is 5.75 Å². The summed E-state index contributed by atoms with van der Waals surface area (Å²) in [4.78, 5) is 7.84. The van der Waals surface area contributed by atoms with Gasteiger partial charge in [-0.05, 0) is 18.2 Å². The number of anilines is 2. The van der Waals surface area contributed by atoms with Crippen LogP contribution in [0.1, 0.15) is 11.3 Å². The fraction of sp³-hybridized carbons (Fsp3) is 0.214. The SMILES string of the molecule is COCCOc1ccc(N)c(C(=N)c2cc(N)ncn2)c1. The van der Waals surface area contributed by atoms with Gasteiger partial charge in [0.25, 0.3) is 0 Å². The standard InChI is InChI=1S/C14H17N5O2/c1-20-4-5-21-9-2-3-11(15)10(6-9)14(17)12-7-13(16)19-8-18-12/h2-3,6-8,17H,4-5,15H2,1H3,(H2,16,18,19). The molecule has 0 saturated carbocycles. The lowest BCUT2D eigenvalue weighted by molar-refractivity contribution is 0.146. The van der Waals surface area contributed by atoms with Crippen molar-refractivity contribution in [3.8, 4) is 5.75 Å². The molecule has 2 aromatic rings. The zero-order valence-corrected chi connectivity index (χ0v) is 11.7. The molecule has 7 nitrogen and oxygen atoms in total. The molecule has 0 fully saturated rings. The van der Waals surface area contributed by atoms with Crippen molar-refractivity contribution in [3.05, 3.63) is 41.9 Å². The summed E-state index contributed by atoms with van der Waals surface area (Å²) in [6.45, 7) is 0.910. The Balaban J connectivity index is 2.25. The fourth-order valence-corrected chi connectivity index (χ4v) is 1.73. The first-order valence-corrected chi connectivity index (χ1v) is 6.30. The molecule has 0 radical (unpaired) electrons. The Morgan fingerprint density at radius 1 is 1.19 bits per heavy atom. The van der Waals surface area contributed by atoms with E-state index in [-0.39, 0.29) is 5.71 Å². The van der Waals surface area contributed by atoms with Gasteiger partial charge in [0.15, 0.2) is 0 Å². The molecule has 1 aromatic carbocycles. The second-order valence-corrected chi connectivity index (χ2v) is 4.29. The van der Waals surface area contributed by atoms with E-state index in [4.69, 9.17) is 26.4 Å². The second kappa shape index (κ2) is 6.67. The van der Waals surface area contributed by atoms with Crippen molar-refractivity contribution in [3.63, 3.8) is 0 Å². The molecular weight excluding hydrogens is 270 g/mol. The quantitative estimate of drug-likeness (QED) is 0.415. The molecule has 0 spiro atoms. The molecule has 7 heteroatoms. The van der Waals surface area contributed by atoms with Gasteiger partial charge in [0.2, 0.25) is 0 Å². The van der Waals surface area contributed by atoms with Crippen LogP contribution in [0.4, 0.5) is 11.5 Å². The number of nitrogens with zero attached hydrogens (tertiary/aromatic N) is 2. The van der Waals surface area contributed by atoms with Crippen LogP contribution in [0, 0.1) is 5.41 Å². The van der Waals surface area contributed by atoms with Crippen LogP contribution in [0.2, 0.25) is 0 Å². The largest absolute Gasteiger partial charge is 0.491 e. The van der Waals surface area contributed by atoms with E-state index in [1.165, 1.54) is 12.4 Å². The molecule has 21 heavy (non-hydrogen) atoms. The molecule has 110 valence electrons. The average Bonchev–Trinajstić information content (AvgIpc) is 2.48. The summed E-state index contributed by atoms with van der Waals surface area (Å²) in [6, 6.07) is 6.67. The zero-order valence-electron chi connectivity index (χ0n) is 11.7. The highest BCUT2D eigenvalue weighted by Gasteiger charge is 2.12. The summed E-state index contributed by atoms with van der Waals surface area (Å²) >= 11 is 0. The number of hydrogen-bond acceptors (Lipinski definition) is 7. The lowest BCUT2D eigenvalue weighted by atomic mass is 10.0. The summed E-state index contributed by atoms with van der Waals surface area (Å²) < 4.78 is 10.4. The van der Waals surface area contributed by atoms with E-state index in [0.717, 1.165) is 0 Å². The number of aromatic nitrogens is 2. The third kappa shape index (κ3) is 3.67. The van der Waals surface area contributed by atoms with E-state index in [0.29, 0.717) is 41.7 Å². The number of nitrogens with one attached hydrogen (secondary N) is 1. The molecule has 0 aliphatic heterocycles. The summed E-state index contributed by atoms with van der Waals surface area (Å²) in [5, 5.41) is 8.21. The topological polar surface area (TPSA) is 120 Å². The molecule has 0 amide bonds. The Bertz CT molecular complexity index is 645. The minimum atomic E-state index is 0.166. The number of nitrogens with two attached hydrogens (primary N) is 2. The van der Waals surface area contributed by atoms with Crippen LogP contribution in [0.15, 0.2) is 30.6 Å². The van der Waals surface area contributed by atoms with Crippen LogP contribution in [-0.2, 0) is 4.74 Å². The lowest BCUT2D eigenvalue weighted by Crippen LogP contribution is -2.10. The first-order valence-electron chi connectivity index (χ1n) is 6.30. The number of ether oxygens (including phenoxy) is 2. The molecule has 2 rings (SSSR count). The van der Waals surface area contributed by atoms with Gasteiger partial charge in [-0.15, -0.1) is 0 Å². The normalized spacial score (nSPS) is 10.3. The minimum Gasteiger partial charge on any atom is -0.491 e. The second-order valence-electron chi connectivity index (χ2n) is 4.29. The van der Waals surface area contributed by atoms with E-state index < -0.39 is 0 Å². The van der Waals surface area contributed by atoms with Gasteiger partial charge in [-0.2, -0.15) is 0 Å². The fourth-order valence-electron chi connectivity index (χ4n) is 1.73. The van der Waals surface area contributed by atoms with E-state index in [1.807, 2.05) is 0 Å². The molecule has 0 atom stereocenters. The number of hydrogen-bond donors (Lipinski definition) is 3. The molecule has 0 saturated heterocycles. The molecule has 0 aliphatic rings. The summed E-state index contributed by atoms with van der Waals surface area (Å²) in [5.74, 6) is 0.916. The molecular formula is C14H17N5O2. The zero-order chi connectivity index (χ0) is 15.2. The number of benzene rings is 1. The average molecular weight is 287 g/mol. The Morgan fingerprint density at radius 3 is 2.71 bits per heavy atom. The van der Waals surface area contributed by atoms with Crippen molar-refractivity contribution in [2.24, 2.45) is 0 Å². The van der Waals surface area contributed by atoms with Crippen LogP contribution in [0.25, 0.3) is 0 Å². The maximum absolute atomic E-state index is 8.21. The molecule has 5 N–H and O–H groups in total. The van der Waals surface area contributed by atoms with E-state index in [2.05, 4.69) is 9.97 Å². The van der Waals surface area contributed by atoms with Gasteiger partial charge >= 0.3 is 0 Å². The molecule has 0 bridgehead atoms. The van der Waals surface area contributed by atoms with Crippen LogP contribution < -0.4 is 16.2 Å². The van der Waals surface area contributed by atoms with Gasteiger partial charge in [-0.3, -0.25) is 5.41 Å². The Kier molecular flexibility index (Phi) is 4.68. The highest BCUT2D eigenvalue weighted by molar-refractivity contribution is 6.13. The third-order valence-electron chi connectivity index (χ3n) is 2.79. The van der Waals surface area contributed by atoms with Crippen molar-refractivity contribution in [1.29, 1.82) is 5.41 Å². The Morgan fingerprint density at radius 2 is 2.00 bits per heavy atom. The van der Waals surface area contributed by atoms with Gasteiger partial charge < -0.3 is 20.9 Å². The van der Waals surface area contributed by atoms with Gasteiger partial charge in [0.05, 0.1) is 18.0 Å². The summed E-state index contributed by atoms with van der Waals surface area (Å²) in [6.07, 6.45) is 1.31. The predicted octanol–water partition coefficient (Wildman–Crippen LogP) is 1.08. The first-order chi connectivity index (χ1) is 10.1. The summed E-state index contributed by atoms with van der Waals surface area (Å²) in [7, 11) is 1.60. The van der Waals surface area contributed by atoms with Crippen LogP contribution in [-0.4, -0.2) is 36.0 Å². The maximum Gasteiger partial charge on any atom is 0.127 e. The van der Waals surface area contributed by atoms with Crippen molar-refractivity contribution >= 4 is 17.2 Å². The number of nitrogen functional groups attached to an aromatic ring is 2. The smallest absolute Gasteiger partial charge is 0.127 e. The Hall–Kier alpha value is -2.67. The van der Waals surface area contributed by atoms with Gasteiger partial charge in [-0.25, -0.2) is 9.97 Å². The van der Waals surface area contributed by atoms with E-state index in [1.54, 1.807) is 25.3 Å². The summed E-state index contributed by atoms with van der Waals surface area (Å²) in [5.41, 5.74) is 13.1. The minimum absolute atomic E-state index is 0.166. The van der Waals surface area contributed by atoms with Crippen LogP contribution >= 0.6 is 0 Å². The van der Waals surface area contributed by atoms with Gasteiger partial charge in [0.1, 0.15) is 24.5 Å². The van der Waals surface area contributed by atoms with E-state index >= 15 is 0 Å². The van der Waals surface area contributed by atoms with Crippen molar-refractivity contribution in [2.45, 2.75) is 0 Å². The molecule has 1 aromatic heterocycles. The molecule has 1 heterocycles. The van der Waals surface area contributed by atoms with Gasteiger partial charge in [0, 0.05) is 24.4 Å². The monoisotopic (exact) mass is 287 g/mol. The highest BCUT2D eigenvalue weighted by atomic mass is 16.5. The molecule has 0 unspecified atom stereocenters. The van der Waals surface area contributed by atoms with Crippen LogP contribution in [0.3, 0.4) is 0 Å². The lowest BCUT2D eigenvalue weighted by Gasteiger charge is -2.11. The van der Waals surface area contributed by atoms with Crippen molar-refractivity contribution in [1.82, 2.24) is 9.97 Å². The highest BCUT2D eigenvalue weighted by Crippen LogP contribution is 2.22. The van der Waals surface area contributed by atoms with E-state index in [9.17, 15) is 0 Å². The predicted molar refractivity (Wildman–Crippen MR) is 80.6 cm³/mol. The first kappa shape index (κ1) is 14.7. The Labute approximate surface area is 122 Å². The van der Waals surface area contributed by atoms with Crippen molar-refractivity contribution in [2.75, 3.05) is 31.8 Å². The van der Waals surface area contributed by atoms with Crippen molar-refractivity contribution < 1.29 is 9.47 Å². The van der Waals surface area contributed by atoms with Gasteiger partial charge in [-0.1, -0.05) is 0 Å². The molecule has 0 aliphatic carbocycles. The third-order valence-corrected chi connectivity index (χ3v) is 2.79. The maximum atomic E-state index is 8.21. The number of methoxy groups -OCH3 is 1. The number of rotatable bonds is 6.